The topological polar surface area (TPSA) is 77.3 Å². The summed E-state index contributed by atoms with van der Waals surface area (Å²) in [6, 6.07) is 32.1. The van der Waals surface area contributed by atoms with Crippen molar-refractivity contribution in [3.8, 4) is 45.6 Å². The van der Waals surface area contributed by atoms with E-state index < -0.39 is 0 Å². The molecule has 6 aromatic heterocycles. The van der Waals surface area contributed by atoms with Crippen molar-refractivity contribution in [3.05, 3.63) is 133 Å². The molecule has 0 aromatic carbocycles. The Kier molecular flexibility index (Phi) is 9.79. The first-order valence-electron chi connectivity index (χ1n) is 14.1. The van der Waals surface area contributed by atoms with Crippen molar-refractivity contribution in [2.75, 3.05) is 11.5 Å². The molecule has 0 N–H and O–H groups in total. The van der Waals surface area contributed by atoms with Gasteiger partial charge in [0.25, 0.3) is 0 Å². The fourth-order valence-corrected chi connectivity index (χ4v) is 6.42. The van der Waals surface area contributed by atoms with Crippen molar-refractivity contribution in [2.24, 2.45) is 0 Å². The molecule has 6 nitrogen and oxygen atoms in total. The smallest absolute Gasteiger partial charge is 0.0894 e. The molecular formula is C35H30N6S2. The van der Waals surface area contributed by atoms with Gasteiger partial charge in [-0.05, 0) is 89.7 Å². The highest BCUT2D eigenvalue weighted by Gasteiger charge is 2.07. The van der Waals surface area contributed by atoms with E-state index in [4.69, 9.17) is 9.97 Å². The van der Waals surface area contributed by atoms with Crippen molar-refractivity contribution >= 4 is 23.5 Å². The molecule has 0 atom stereocenters. The lowest BCUT2D eigenvalue weighted by atomic mass is 10.2. The Morgan fingerprint density at radius 1 is 0.395 bits per heavy atom. The van der Waals surface area contributed by atoms with Gasteiger partial charge < -0.3 is 0 Å². The fourth-order valence-electron chi connectivity index (χ4n) is 4.43. The van der Waals surface area contributed by atoms with E-state index in [1.165, 1.54) is 17.5 Å². The second kappa shape index (κ2) is 14.7. The maximum Gasteiger partial charge on any atom is 0.0894 e. The zero-order valence-electron chi connectivity index (χ0n) is 23.6. The molecule has 0 saturated carbocycles. The van der Waals surface area contributed by atoms with Crippen LogP contribution in [-0.4, -0.2) is 41.4 Å². The zero-order chi connectivity index (χ0) is 29.1. The van der Waals surface area contributed by atoms with E-state index in [1.54, 1.807) is 12.4 Å². The van der Waals surface area contributed by atoms with Crippen molar-refractivity contribution < 1.29 is 0 Å². The summed E-state index contributed by atoms with van der Waals surface area (Å²) in [6.07, 6.45) is 8.67. The normalized spacial score (nSPS) is 11.0. The first-order chi connectivity index (χ1) is 21.3. The van der Waals surface area contributed by atoms with E-state index in [-0.39, 0.29) is 0 Å². The summed E-state index contributed by atoms with van der Waals surface area (Å²) in [5.41, 5.74) is 9.35. The molecule has 0 radical (unpaired) electrons. The SMILES string of the molecule is c1ccc(-c2cccc(-c3ccc(CSCCCSCc4ccc(-c5cccc(-c6ccccn6)n5)nc4)cn3)n2)nc1. The molecule has 6 rings (SSSR count). The molecule has 6 heterocycles. The first kappa shape index (κ1) is 28.7. The van der Waals surface area contributed by atoms with Gasteiger partial charge in [-0.1, -0.05) is 36.4 Å². The Morgan fingerprint density at radius 2 is 0.814 bits per heavy atom. The van der Waals surface area contributed by atoms with Gasteiger partial charge in [0.15, 0.2) is 0 Å². The first-order valence-corrected chi connectivity index (χ1v) is 16.5. The van der Waals surface area contributed by atoms with E-state index in [0.717, 1.165) is 68.6 Å². The van der Waals surface area contributed by atoms with E-state index >= 15 is 0 Å². The van der Waals surface area contributed by atoms with Crippen LogP contribution in [0.5, 0.6) is 0 Å². The minimum absolute atomic E-state index is 0.853. The number of hydrogen-bond donors (Lipinski definition) is 0. The van der Waals surface area contributed by atoms with Crippen LogP contribution in [0.25, 0.3) is 45.6 Å². The number of rotatable bonds is 12. The summed E-state index contributed by atoms with van der Waals surface area (Å²) in [5.74, 6) is 4.16. The lowest BCUT2D eigenvalue weighted by Crippen LogP contribution is -1.93. The molecule has 0 unspecified atom stereocenters. The van der Waals surface area contributed by atoms with Crippen LogP contribution in [0.3, 0.4) is 0 Å². The Morgan fingerprint density at radius 3 is 1.19 bits per heavy atom. The van der Waals surface area contributed by atoms with Gasteiger partial charge in [0.05, 0.1) is 45.6 Å². The van der Waals surface area contributed by atoms with Gasteiger partial charge in [0.2, 0.25) is 0 Å². The van der Waals surface area contributed by atoms with Crippen LogP contribution >= 0.6 is 23.5 Å². The Balaban J connectivity index is 0.912. The van der Waals surface area contributed by atoms with Crippen molar-refractivity contribution in [1.29, 1.82) is 0 Å². The van der Waals surface area contributed by atoms with Gasteiger partial charge in [-0.3, -0.25) is 19.9 Å². The van der Waals surface area contributed by atoms with Gasteiger partial charge in [-0.25, -0.2) is 9.97 Å². The second-order valence-electron chi connectivity index (χ2n) is 9.81. The van der Waals surface area contributed by atoms with Crippen LogP contribution in [-0.2, 0) is 11.5 Å². The number of thioether (sulfide) groups is 2. The van der Waals surface area contributed by atoms with E-state index in [2.05, 4.69) is 44.2 Å². The molecule has 0 aliphatic carbocycles. The summed E-state index contributed by atoms with van der Waals surface area (Å²) in [5, 5.41) is 0. The molecule has 0 bridgehead atoms. The van der Waals surface area contributed by atoms with Gasteiger partial charge in [0, 0.05) is 36.3 Å². The molecule has 212 valence electrons. The van der Waals surface area contributed by atoms with Gasteiger partial charge >= 0.3 is 0 Å². The highest BCUT2D eigenvalue weighted by atomic mass is 32.2. The van der Waals surface area contributed by atoms with Crippen molar-refractivity contribution in [1.82, 2.24) is 29.9 Å². The summed E-state index contributed by atoms with van der Waals surface area (Å²) >= 11 is 3.90. The number of hydrogen-bond acceptors (Lipinski definition) is 8. The zero-order valence-corrected chi connectivity index (χ0v) is 25.2. The third-order valence-corrected chi connectivity index (χ3v) is 8.87. The summed E-state index contributed by atoms with van der Waals surface area (Å²) in [4.78, 5) is 27.7. The highest BCUT2D eigenvalue weighted by Crippen LogP contribution is 2.23. The fraction of sp³-hybridized carbons (Fsp3) is 0.143. The van der Waals surface area contributed by atoms with E-state index in [9.17, 15) is 0 Å². The largest absolute Gasteiger partial charge is 0.255 e. The standard InChI is InChI=1S/C35H30N6S2/c1-3-18-36-28(8-1)32-10-5-12-34(40-32)30-16-14-26(22-38-30)24-42-20-7-21-43-25-27-15-17-31(39-23-27)35-13-6-11-33(41-35)29-9-2-4-19-37-29/h1-6,8-19,22-23H,7,20-21,24-25H2. The Bertz CT molecular complexity index is 1600. The average Bonchev–Trinajstić information content (AvgIpc) is 3.09. The molecule has 0 saturated heterocycles. The maximum atomic E-state index is 4.76. The maximum absolute atomic E-state index is 4.76. The molecule has 0 spiro atoms. The molecule has 0 amide bonds. The van der Waals surface area contributed by atoms with Gasteiger partial charge in [-0.2, -0.15) is 23.5 Å². The summed E-state index contributed by atoms with van der Waals surface area (Å²) in [7, 11) is 0. The quantitative estimate of drug-likeness (QED) is 0.130. The average molecular weight is 599 g/mol. The monoisotopic (exact) mass is 598 g/mol. The van der Waals surface area contributed by atoms with Gasteiger partial charge in [0.1, 0.15) is 0 Å². The highest BCUT2D eigenvalue weighted by molar-refractivity contribution is 7.99. The van der Waals surface area contributed by atoms with Crippen molar-refractivity contribution in [3.63, 3.8) is 0 Å². The predicted octanol–water partition coefficient (Wildman–Crippen LogP) is 8.28. The Labute approximate surface area is 260 Å². The molecule has 43 heavy (non-hydrogen) atoms. The predicted molar refractivity (Wildman–Crippen MR) is 178 cm³/mol. The van der Waals surface area contributed by atoms with Crippen LogP contribution in [0.2, 0.25) is 0 Å². The molecule has 6 aromatic rings. The molecule has 0 aliphatic rings. The number of aromatic nitrogens is 6. The van der Waals surface area contributed by atoms with Crippen LogP contribution in [0.1, 0.15) is 17.5 Å². The van der Waals surface area contributed by atoms with Crippen LogP contribution in [0.4, 0.5) is 0 Å². The van der Waals surface area contributed by atoms with Crippen LogP contribution in [0.15, 0.2) is 122 Å². The summed E-state index contributed by atoms with van der Waals surface area (Å²) < 4.78 is 0. The van der Waals surface area contributed by atoms with Crippen LogP contribution in [0, 0.1) is 0 Å². The second-order valence-corrected chi connectivity index (χ2v) is 12.0. The lowest BCUT2D eigenvalue weighted by Gasteiger charge is -2.06. The number of pyridine rings is 6. The van der Waals surface area contributed by atoms with Crippen molar-refractivity contribution in [2.45, 2.75) is 17.9 Å². The minimum Gasteiger partial charge on any atom is -0.255 e. The van der Waals surface area contributed by atoms with Gasteiger partial charge in [-0.15, -0.1) is 0 Å². The molecular weight excluding hydrogens is 569 g/mol. The molecule has 0 aliphatic heterocycles. The third-order valence-electron chi connectivity index (χ3n) is 6.64. The minimum atomic E-state index is 0.853. The lowest BCUT2D eigenvalue weighted by molar-refractivity contribution is 1.11. The third kappa shape index (κ3) is 7.91. The Hall–Kier alpha value is -4.40. The van der Waals surface area contributed by atoms with E-state index in [0.29, 0.717) is 0 Å². The van der Waals surface area contributed by atoms with E-state index in [1.807, 2.05) is 109 Å². The molecule has 8 heteroatoms. The molecule has 0 fully saturated rings. The number of nitrogens with zero attached hydrogens (tertiary/aromatic N) is 6. The van der Waals surface area contributed by atoms with Crippen LogP contribution < -0.4 is 0 Å². The summed E-state index contributed by atoms with van der Waals surface area (Å²) in [6.45, 7) is 0.